The second-order valence-electron chi connectivity index (χ2n) is 3.37. The summed E-state index contributed by atoms with van der Waals surface area (Å²) in [4.78, 5) is 32.9. The lowest BCUT2D eigenvalue weighted by Crippen LogP contribution is -2.50. The molecule has 0 saturated carbocycles. The zero-order valence-corrected chi connectivity index (χ0v) is 9.63. The average molecular weight is 247 g/mol. The molecule has 1 rings (SSSR count). The number of carbonyl (C=O) groups is 3. The van der Waals surface area contributed by atoms with Crippen LogP contribution in [0.4, 0.5) is 4.79 Å². The van der Waals surface area contributed by atoms with Crippen LogP contribution in [0.1, 0.15) is 6.92 Å². The normalized spacial score (nSPS) is 15.7. The van der Waals surface area contributed by atoms with Crippen molar-refractivity contribution < 1.29 is 24.6 Å². The molecule has 8 nitrogen and oxygen atoms in total. The Balaban J connectivity index is 0.000000366. The van der Waals surface area contributed by atoms with Gasteiger partial charge >= 0.3 is 18.0 Å². The van der Waals surface area contributed by atoms with E-state index in [4.69, 9.17) is 25.5 Å². The third kappa shape index (κ3) is 6.36. The lowest BCUT2D eigenvalue weighted by atomic mass is 10.3. The molecule has 0 bridgehead atoms. The highest BCUT2D eigenvalue weighted by atomic mass is 16.4. The number of hydrogen-bond donors (Lipinski definition) is 3. The molecule has 2 amide bonds. The Morgan fingerprint density at radius 2 is 1.47 bits per heavy atom. The molecule has 1 aliphatic rings. The van der Waals surface area contributed by atoms with E-state index >= 15 is 0 Å². The Hall–Kier alpha value is -1.83. The maximum atomic E-state index is 10.7. The maximum absolute atomic E-state index is 10.7. The fraction of sp³-hybridized carbons (Fsp3) is 0.667. The van der Waals surface area contributed by atoms with Gasteiger partial charge in [-0.25, -0.2) is 14.4 Å². The summed E-state index contributed by atoms with van der Waals surface area (Å²) in [5.41, 5.74) is 5.12. The molecule has 0 radical (unpaired) electrons. The van der Waals surface area contributed by atoms with Gasteiger partial charge in [-0.1, -0.05) is 6.92 Å². The molecule has 98 valence electrons. The molecular formula is C9H17N3O5. The molecule has 4 N–H and O–H groups in total. The van der Waals surface area contributed by atoms with Crippen LogP contribution in [0.2, 0.25) is 0 Å². The van der Waals surface area contributed by atoms with Crippen LogP contribution >= 0.6 is 0 Å². The monoisotopic (exact) mass is 247 g/mol. The van der Waals surface area contributed by atoms with Crippen LogP contribution in [-0.4, -0.2) is 70.7 Å². The van der Waals surface area contributed by atoms with Crippen molar-refractivity contribution in [3.05, 3.63) is 0 Å². The van der Waals surface area contributed by atoms with E-state index in [9.17, 15) is 4.79 Å². The number of hydrogen-bond acceptors (Lipinski definition) is 4. The van der Waals surface area contributed by atoms with Gasteiger partial charge in [0.1, 0.15) is 0 Å². The van der Waals surface area contributed by atoms with E-state index in [1.54, 1.807) is 4.90 Å². The minimum atomic E-state index is -1.82. The minimum Gasteiger partial charge on any atom is -0.473 e. The fourth-order valence-corrected chi connectivity index (χ4v) is 1.28. The summed E-state index contributed by atoms with van der Waals surface area (Å²) in [6, 6.07) is -0.291. The van der Waals surface area contributed by atoms with Crippen molar-refractivity contribution in [2.75, 3.05) is 32.7 Å². The lowest BCUT2D eigenvalue weighted by Gasteiger charge is -2.32. The van der Waals surface area contributed by atoms with E-state index in [-0.39, 0.29) is 6.03 Å². The molecular weight excluding hydrogens is 230 g/mol. The Labute approximate surface area is 98.6 Å². The van der Waals surface area contributed by atoms with Gasteiger partial charge in [0.05, 0.1) is 0 Å². The molecule has 1 heterocycles. The number of carbonyl (C=O) groups excluding carboxylic acids is 1. The molecule has 0 aromatic rings. The second-order valence-corrected chi connectivity index (χ2v) is 3.37. The number of amides is 2. The van der Waals surface area contributed by atoms with Gasteiger partial charge < -0.3 is 25.7 Å². The largest absolute Gasteiger partial charge is 0.473 e. The summed E-state index contributed by atoms with van der Waals surface area (Å²) in [6.07, 6.45) is 0. The first-order valence-electron chi connectivity index (χ1n) is 5.11. The summed E-state index contributed by atoms with van der Waals surface area (Å²) in [7, 11) is 0. The molecule has 17 heavy (non-hydrogen) atoms. The van der Waals surface area contributed by atoms with Crippen LogP contribution in [0.3, 0.4) is 0 Å². The number of likely N-dealkylation sites (N-methyl/N-ethyl adjacent to an activating group) is 1. The fourth-order valence-electron chi connectivity index (χ4n) is 1.28. The average Bonchev–Trinajstić information content (AvgIpc) is 2.29. The Morgan fingerprint density at radius 3 is 1.71 bits per heavy atom. The van der Waals surface area contributed by atoms with E-state index in [1.165, 1.54) is 0 Å². The van der Waals surface area contributed by atoms with Crippen molar-refractivity contribution >= 4 is 18.0 Å². The molecule has 0 aromatic heterocycles. The van der Waals surface area contributed by atoms with Gasteiger partial charge in [0.15, 0.2) is 0 Å². The minimum absolute atomic E-state index is 0.291. The summed E-state index contributed by atoms with van der Waals surface area (Å²) in [5, 5.41) is 14.8. The first-order valence-corrected chi connectivity index (χ1v) is 5.11. The third-order valence-corrected chi connectivity index (χ3v) is 2.31. The highest BCUT2D eigenvalue weighted by Crippen LogP contribution is 1.99. The van der Waals surface area contributed by atoms with Gasteiger partial charge in [-0.05, 0) is 6.54 Å². The molecule has 1 saturated heterocycles. The lowest BCUT2D eigenvalue weighted by molar-refractivity contribution is -0.159. The summed E-state index contributed by atoms with van der Waals surface area (Å²) in [5.74, 6) is -3.65. The summed E-state index contributed by atoms with van der Waals surface area (Å²) >= 11 is 0. The Morgan fingerprint density at radius 1 is 1.06 bits per heavy atom. The van der Waals surface area contributed by atoms with Gasteiger partial charge in [-0.15, -0.1) is 0 Å². The van der Waals surface area contributed by atoms with Crippen LogP contribution in [0.25, 0.3) is 0 Å². The molecule has 8 heteroatoms. The standard InChI is InChI=1S/C7H15N3O.C2H2O4/c1-2-9-3-5-10(6-4-9)7(8)11;3-1(4)2(5)6/h2-6H2,1H3,(H2,8,11);(H,3,4)(H,5,6). The number of nitrogens with zero attached hydrogens (tertiary/aromatic N) is 2. The van der Waals surface area contributed by atoms with Crippen molar-refractivity contribution in [2.24, 2.45) is 5.73 Å². The molecule has 1 fully saturated rings. The first-order chi connectivity index (χ1) is 7.88. The SMILES string of the molecule is CCN1CCN(C(N)=O)CC1.O=C(O)C(=O)O. The predicted octanol–water partition coefficient (Wildman–Crippen LogP) is -1.14. The molecule has 0 spiro atoms. The van der Waals surface area contributed by atoms with Crippen LogP contribution in [0, 0.1) is 0 Å². The van der Waals surface area contributed by atoms with Crippen LogP contribution < -0.4 is 5.73 Å². The molecule has 0 unspecified atom stereocenters. The van der Waals surface area contributed by atoms with Crippen molar-refractivity contribution in [3.63, 3.8) is 0 Å². The number of primary amides is 1. The smallest absolute Gasteiger partial charge is 0.414 e. The predicted molar refractivity (Wildman–Crippen MR) is 58.5 cm³/mol. The van der Waals surface area contributed by atoms with Crippen molar-refractivity contribution in [2.45, 2.75) is 6.92 Å². The van der Waals surface area contributed by atoms with Gasteiger partial charge in [0.2, 0.25) is 0 Å². The zero-order valence-electron chi connectivity index (χ0n) is 9.63. The van der Waals surface area contributed by atoms with E-state index in [0.29, 0.717) is 0 Å². The van der Waals surface area contributed by atoms with Crippen molar-refractivity contribution in [1.82, 2.24) is 9.80 Å². The van der Waals surface area contributed by atoms with Gasteiger partial charge in [-0.3, -0.25) is 0 Å². The summed E-state index contributed by atoms with van der Waals surface area (Å²) < 4.78 is 0. The van der Waals surface area contributed by atoms with E-state index in [2.05, 4.69) is 11.8 Å². The van der Waals surface area contributed by atoms with Crippen LogP contribution in [0.5, 0.6) is 0 Å². The number of piperazine rings is 1. The van der Waals surface area contributed by atoms with E-state index in [1.807, 2.05) is 0 Å². The summed E-state index contributed by atoms with van der Waals surface area (Å²) in [6.45, 7) is 6.66. The number of nitrogens with two attached hydrogens (primary N) is 1. The topological polar surface area (TPSA) is 124 Å². The van der Waals surface area contributed by atoms with Crippen LogP contribution in [-0.2, 0) is 9.59 Å². The third-order valence-electron chi connectivity index (χ3n) is 2.31. The first kappa shape index (κ1) is 15.2. The van der Waals surface area contributed by atoms with Gasteiger partial charge in [0.25, 0.3) is 0 Å². The molecule has 0 atom stereocenters. The number of carboxylic acids is 2. The zero-order chi connectivity index (χ0) is 13.4. The van der Waals surface area contributed by atoms with Crippen molar-refractivity contribution in [1.29, 1.82) is 0 Å². The second kappa shape index (κ2) is 7.44. The Kier molecular flexibility index (Phi) is 6.64. The molecule has 0 aromatic carbocycles. The van der Waals surface area contributed by atoms with Gasteiger partial charge in [-0.2, -0.15) is 0 Å². The van der Waals surface area contributed by atoms with Gasteiger partial charge in [0, 0.05) is 26.2 Å². The van der Waals surface area contributed by atoms with E-state index in [0.717, 1.165) is 32.7 Å². The highest BCUT2D eigenvalue weighted by molar-refractivity contribution is 6.27. The number of aliphatic carboxylic acids is 2. The number of carboxylic acid groups (broad SMARTS) is 2. The molecule has 0 aliphatic carbocycles. The highest BCUT2D eigenvalue weighted by Gasteiger charge is 2.17. The van der Waals surface area contributed by atoms with E-state index < -0.39 is 11.9 Å². The number of urea groups is 1. The maximum Gasteiger partial charge on any atom is 0.414 e. The van der Waals surface area contributed by atoms with Crippen LogP contribution in [0.15, 0.2) is 0 Å². The molecule has 1 aliphatic heterocycles. The number of rotatable bonds is 1. The van der Waals surface area contributed by atoms with Crippen molar-refractivity contribution in [3.8, 4) is 0 Å². The Bertz CT molecular complexity index is 274. The quantitative estimate of drug-likeness (QED) is 0.503.